The number of nitrogens with zero attached hydrogens (tertiary/aromatic N) is 1. The molecule has 1 heterocycles. The van der Waals surface area contributed by atoms with E-state index in [2.05, 4.69) is 10.6 Å². The molecule has 0 fully saturated rings. The minimum absolute atomic E-state index is 0.00573. The van der Waals surface area contributed by atoms with Crippen LogP contribution < -0.4 is 20.9 Å². The van der Waals surface area contributed by atoms with Gasteiger partial charge in [0.15, 0.2) is 18.8 Å². The van der Waals surface area contributed by atoms with Crippen molar-refractivity contribution in [3.8, 4) is 0 Å². The molecule has 0 radical (unpaired) electrons. The van der Waals surface area contributed by atoms with Gasteiger partial charge < -0.3 is 26.2 Å². The zero-order chi connectivity index (χ0) is 31.6. The quantitative estimate of drug-likeness (QED) is 0.0775. The van der Waals surface area contributed by atoms with Crippen molar-refractivity contribution in [1.29, 1.82) is 0 Å². The molecule has 3 atom stereocenters. The van der Waals surface area contributed by atoms with Gasteiger partial charge in [0, 0.05) is 5.56 Å². The fraction of sp³-hybridized carbons (Fsp3) is 0.433. The van der Waals surface area contributed by atoms with Crippen molar-refractivity contribution in [2.24, 2.45) is 5.73 Å². The van der Waals surface area contributed by atoms with Crippen LogP contribution in [0.2, 0.25) is 0 Å². The van der Waals surface area contributed by atoms with E-state index in [1.54, 1.807) is 30.3 Å². The van der Waals surface area contributed by atoms with Gasteiger partial charge in [0.25, 0.3) is 0 Å². The van der Waals surface area contributed by atoms with Gasteiger partial charge in [-0.2, -0.15) is 0 Å². The number of carbonyl (C=O) groups excluding carboxylic acids is 1. The molecule has 0 saturated carbocycles. The minimum atomic E-state index is -2.13. The largest absolute Gasteiger partial charge is 0.480 e. The number of carboxylic acids is 4. The highest BCUT2D eigenvalue weighted by atomic mass is 16.4. The highest BCUT2D eigenvalue weighted by molar-refractivity contribution is 6.02. The molecule has 2 aromatic rings. The maximum Gasteiger partial charge on any atom is 0.360 e. The standard InChI is InChI=1S/C30H38N4O9/c31-17-7-6-11-22(27(39)40)32-30(33-23(28(41)42)14-13-20-8-2-1-3-9-20)16-15-21-10-4-5-12-24(21)34(29(30)43,18-25(35)36)19-26(37)38/h1-5,8-10,12,22-23,32-33H,6-7,11,13-19,31H2,(H3-,35,36,37,38,39,40,41,42)/p+1/t22-,23?,30-/m0/s1. The Bertz CT molecular complexity index is 1300. The molecule has 43 heavy (non-hydrogen) atoms. The van der Waals surface area contributed by atoms with Gasteiger partial charge in [0.05, 0.1) is 0 Å². The Morgan fingerprint density at radius 3 is 1.93 bits per heavy atom. The van der Waals surface area contributed by atoms with Crippen molar-refractivity contribution in [3.63, 3.8) is 0 Å². The second kappa shape index (κ2) is 14.8. The van der Waals surface area contributed by atoms with Crippen molar-refractivity contribution >= 4 is 35.5 Å². The Balaban J connectivity index is 2.19. The number of aliphatic carboxylic acids is 4. The summed E-state index contributed by atoms with van der Waals surface area (Å²) in [7, 11) is 0. The molecular formula is C30H39N4O9+. The topological polar surface area (TPSA) is 216 Å². The average molecular weight is 600 g/mol. The zero-order valence-corrected chi connectivity index (χ0v) is 23.8. The Morgan fingerprint density at radius 1 is 0.814 bits per heavy atom. The Kier molecular flexibility index (Phi) is 11.5. The fourth-order valence-corrected chi connectivity index (χ4v) is 5.74. The Hall–Kier alpha value is -4.17. The first-order valence-corrected chi connectivity index (χ1v) is 14.1. The van der Waals surface area contributed by atoms with Crippen LogP contribution in [0.5, 0.6) is 0 Å². The molecule has 232 valence electrons. The predicted octanol–water partition coefficient (Wildman–Crippen LogP) is 1.18. The summed E-state index contributed by atoms with van der Waals surface area (Å²) in [4.78, 5) is 64.3. The van der Waals surface area contributed by atoms with Gasteiger partial charge in [-0.1, -0.05) is 55.0 Å². The maximum atomic E-state index is 14.9. The molecule has 2 aromatic carbocycles. The molecule has 13 heteroatoms. The summed E-state index contributed by atoms with van der Waals surface area (Å²) in [5, 5.41) is 46.0. The van der Waals surface area contributed by atoms with Gasteiger partial charge in [0.1, 0.15) is 17.8 Å². The van der Waals surface area contributed by atoms with Gasteiger partial charge in [-0.3, -0.25) is 20.2 Å². The third kappa shape index (κ3) is 8.23. The minimum Gasteiger partial charge on any atom is -0.480 e. The molecule has 8 N–H and O–H groups in total. The van der Waals surface area contributed by atoms with Crippen LogP contribution in [0.4, 0.5) is 5.69 Å². The molecule has 0 aliphatic carbocycles. The zero-order valence-electron chi connectivity index (χ0n) is 23.8. The first-order chi connectivity index (χ1) is 20.4. The fourth-order valence-electron chi connectivity index (χ4n) is 5.74. The number of aryl methyl sites for hydroxylation is 2. The summed E-state index contributed by atoms with van der Waals surface area (Å²) in [5.41, 5.74) is 4.94. The number of hydrogen-bond acceptors (Lipinski definition) is 8. The molecule has 1 aliphatic rings. The number of quaternary nitrogens is 1. The summed E-state index contributed by atoms with van der Waals surface area (Å²) >= 11 is 0. The number of nitrogens with one attached hydrogen (secondary N) is 2. The number of para-hydroxylation sites is 1. The highest BCUT2D eigenvalue weighted by Gasteiger charge is 2.59. The molecule has 3 rings (SSSR count). The molecule has 0 saturated heterocycles. The van der Waals surface area contributed by atoms with E-state index in [0.29, 0.717) is 31.4 Å². The van der Waals surface area contributed by atoms with E-state index in [1.807, 2.05) is 18.2 Å². The number of fused-ring (bicyclic) bond motifs is 1. The second-order valence-electron chi connectivity index (χ2n) is 10.8. The van der Waals surface area contributed by atoms with Crippen molar-refractivity contribution in [2.45, 2.75) is 62.7 Å². The first-order valence-electron chi connectivity index (χ1n) is 14.1. The third-order valence-electron chi connectivity index (χ3n) is 7.74. The van der Waals surface area contributed by atoms with Gasteiger partial charge >= 0.3 is 29.8 Å². The van der Waals surface area contributed by atoms with E-state index in [1.165, 1.54) is 6.07 Å². The number of unbranched alkanes of at least 4 members (excludes halogenated alkanes) is 1. The number of amides is 1. The lowest BCUT2D eigenvalue weighted by molar-refractivity contribution is -0.155. The summed E-state index contributed by atoms with van der Waals surface area (Å²) in [6.07, 6.45) is 1.16. The van der Waals surface area contributed by atoms with Crippen molar-refractivity contribution in [3.05, 3.63) is 65.7 Å². The highest BCUT2D eigenvalue weighted by Crippen LogP contribution is 2.37. The number of nitrogens with two attached hydrogens (primary N) is 1. The van der Waals surface area contributed by atoms with Crippen LogP contribution in [0.25, 0.3) is 0 Å². The number of benzene rings is 2. The summed E-state index contributed by atoms with van der Waals surface area (Å²) in [6, 6.07) is 12.7. The molecule has 1 aliphatic heterocycles. The van der Waals surface area contributed by atoms with Gasteiger partial charge in [-0.15, -0.1) is 0 Å². The normalized spacial score (nSPS) is 19.0. The molecule has 0 spiro atoms. The smallest absolute Gasteiger partial charge is 0.360 e. The molecular weight excluding hydrogens is 560 g/mol. The average Bonchev–Trinajstić information content (AvgIpc) is 3.04. The summed E-state index contributed by atoms with van der Waals surface area (Å²) in [5.74, 6) is -6.53. The van der Waals surface area contributed by atoms with Crippen LogP contribution in [-0.2, 0) is 36.8 Å². The molecule has 1 unspecified atom stereocenters. The van der Waals surface area contributed by atoms with E-state index >= 15 is 0 Å². The van der Waals surface area contributed by atoms with E-state index in [0.717, 1.165) is 5.56 Å². The van der Waals surface area contributed by atoms with Crippen LogP contribution in [0, 0.1) is 0 Å². The lowest BCUT2D eigenvalue weighted by atomic mass is 9.94. The van der Waals surface area contributed by atoms with Crippen molar-refractivity contribution in [2.75, 3.05) is 19.6 Å². The maximum absolute atomic E-state index is 14.9. The number of carboxylic acid groups (broad SMARTS) is 4. The van der Waals surface area contributed by atoms with Crippen LogP contribution in [-0.4, -0.2) is 87.6 Å². The first kappa shape index (κ1) is 33.3. The van der Waals surface area contributed by atoms with E-state index in [-0.39, 0.29) is 31.4 Å². The van der Waals surface area contributed by atoms with Crippen molar-refractivity contribution in [1.82, 2.24) is 15.1 Å². The third-order valence-corrected chi connectivity index (χ3v) is 7.74. The predicted molar refractivity (Wildman–Crippen MR) is 156 cm³/mol. The molecule has 13 nitrogen and oxygen atoms in total. The van der Waals surface area contributed by atoms with E-state index in [4.69, 9.17) is 5.73 Å². The molecule has 0 bridgehead atoms. The lowest BCUT2D eigenvalue weighted by Crippen LogP contribution is -2.77. The SMILES string of the molecule is NCCCC[C@H](N[C@]1(NC(CCc2ccccc2)C(=O)O)CCc2ccccc2[N+](CC(=O)O)(CC(=O)O)C1=O)C(=O)O. The van der Waals surface area contributed by atoms with E-state index in [9.17, 15) is 44.4 Å². The summed E-state index contributed by atoms with van der Waals surface area (Å²) < 4.78 is -1.19. The van der Waals surface area contributed by atoms with Crippen LogP contribution in [0.1, 0.15) is 43.2 Å². The van der Waals surface area contributed by atoms with Gasteiger partial charge in [0.2, 0.25) is 0 Å². The van der Waals surface area contributed by atoms with Crippen LogP contribution in [0.15, 0.2) is 54.6 Å². The van der Waals surface area contributed by atoms with Crippen LogP contribution >= 0.6 is 0 Å². The second-order valence-corrected chi connectivity index (χ2v) is 10.8. The van der Waals surface area contributed by atoms with E-state index < -0.39 is 65.1 Å². The lowest BCUT2D eigenvalue weighted by Gasteiger charge is -2.42. The van der Waals surface area contributed by atoms with Gasteiger partial charge in [-0.05, 0) is 56.7 Å². The van der Waals surface area contributed by atoms with Gasteiger partial charge in [-0.25, -0.2) is 18.9 Å². The van der Waals surface area contributed by atoms with Crippen LogP contribution in [0.3, 0.4) is 0 Å². The number of carbonyl (C=O) groups is 5. The summed E-state index contributed by atoms with van der Waals surface area (Å²) in [6.45, 7) is -1.61. The number of hydrogen-bond donors (Lipinski definition) is 7. The Labute approximate surface area is 248 Å². The monoisotopic (exact) mass is 599 g/mol. The van der Waals surface area contributed by atoms with Crippen molar-refractivity contribution < 1.29 is 44.4 Å². The number of rotatable bonds is 17. The molecule has 0 aromatic heterocycles. The molecule has 1 amide bonds. The Morgan fingerprint density at radius 2 is 1.37 bits per heavy atom.